The molecule has 0 heterocycles. The maximum absolute atomic E-state index is 11.6. The number of hydrogen-bond acceptors (Lipinski definition) is 2. The first-order valence-corrected chi connectivity index (χ1v) is 5.85. The fourth-order valence-electron chi connectivity index (χ4n) is 1.31. The van der Waals surface area contributed by atoms with Gasteiger partial charge in [-0.25, -0.2) is 0 Å². The van der Waals surface area contributed by atoms with Gasteiger partial charge in [-0.3, -0.25) is 4.79 Å². The second kappa shape index (κ2) is 5.34. The van der Waals surface area contributed by atoms with Gasteiger partial charge in [0, 0.05) is 14.1 Å². The molecule has 1 aromatic rings. The predicted octanol–water partition coefficient (Wildman–Crippen LogP) is 2.61. The summed E-state index contributed by atoms with van der Waals surface area (Å²) in [5, 5.41) is 0. The van der Waals surface area contributed by atoms with Gasteiger partial charge in [0.15, 0.2) is 6.10 Å². The number of ether oxygens (including phenoxy) is 1. The lowest BCUT2D eigenvalue weighted by molar-refractivity contribution is -0.135. The highest BCUT2D eigenvalue weighted by molar-refractivity contribution is 9.10. The summed E-state index contributed by atoms with van der Waals surface area (Å²) in [5.41, 5.74) is 1.14. The highest BCUT2D eigenvalue weighted by Gasteiger charge is 2.17. The Bertz CT molecular complexity index is 391. The molecule has 4 heteroatoms. The van der Waals surface area contributed by atoms with Crippen LogP contribution in [0.4, 0.5) is 0 Å². The van der Waals surface area contributed by atoms with Crippen LogP contribution in [0.3, 0.4) is 0 Å². The summed E-state index contributed by atoms with van der Waals surface area (Å²) in [5.74, 6) is 0.640. The molecule has 0 spiro atoms. The highest BCUT2D eigenvalue weighted by atomic mass is 79.9. The second-order valence-corrected chi connectivity index (χ2v) is 4.78. The average Bonchev–Trinajstić information content (AvgIpc) is 2.20. The molecule has 1 unspecified atom stereocenters. The Balaban J connectivity index is 2.77. The normalized spacial score (nSPS) is 12.1. The lowest BCUT2D eigenvalue weighted by Gasteiger charge is -2.19. The molecule has 0 aliphatic rings. The molecule has 0 N–H and O–H groups in total. The van der Waals surface area contributed by atoms with Crippen molar-refractivity contribution < 1.29 is 9.53 Å². The summed E-state index contributed by atoms with van der Waals surface area (Å²) in [6.45, 7) is 3.75. The Morgan fingerprint density at radius 3 is 2.56 bits per heavy atom. The summed E-state index contributed by atoms with van der Waals surface area (Å²) >= 11 is 3.41. The Kier molecular flexibility index (Phi) is 4.35. The van der Waals surface area contributed by atoms with Crippen LogP contribution < -0.4 is 4.74 Å². The molecule has 0 bridgehead atoms. The minimum Gasteiger partial charge on any atom is -0.480 e. The molecule has 0 saturated carbocycles. The summed E-state index contributed by atoms with van der Waals surface area (Å²) < 4.78 is 6.45. The first kappa shape index (κ1) is 13.0. The van der Waals surface area contributed by atoms with E-state index in [0.717, 1.165) is 10.0 Å². The first-order valence-electron chi connectivity index (χ1n) is 5.06. The Hall–Kier alpha value is -1.03. The van der Waals surface area contributed by atoms with Gasteiger partial charge in [-0.15, -0.1) is 0 Å². The maximum Gasteiger partial charge on any atom is 0.262 e. The van der Waals surface area contributed by atoms with E-state index in [1.807, 2.05) is 25.1 Å². The van der Waals surface area contributed by atoms with Gasteiger partial charge in [-0.2, -0.15) is 0 Å². The van der Waals surface area contributed by atoms with E-state index in [1.165, 1.54) is 4.90 Å². The van der Waals surface area contributed by atoms with Crippen molar-refractivity contribution in [2.75, 3.05) is 14.1 Å². The average molecular weight is 286 g/mol. The molecule has 1 rings (SSSR count). The Morgan fingerprint density at radius 2 is 2.06 bits per heavy atom. The van der Waals surface area contributed by atoms with Crippen LogP contribution in [0.2, 0.25) is 0 Å². The minimum atomic E-state index is -0.478. The third-order valence-electron chi connectivity index (χ3n) is 2.18. The summed E-state index contributed by atoms with van der Waals surface area (Å²) in [7, 11) is 3.43. The second-order valence-electron chi connectivity index (χ2n) is 3.93. The van der Waals surface area contributed by atoms with E-state index in [-0.39, 0.29) is 5.91 Å². The van der Waals surface area contributed by atoms with Gasteiger partial charge >= 0.3 is 0 Å². The van der Waals surface area contributed by atoms with Crippen LogP contribution in [0.5, 0.6) is 5.75 Å². The lowest BCUT2D eigenvalue weighted by Crippen LogP contribution is -2.35. The molecule has 0 fully saturated rings. The molecule has 3 nitrogen and oxygen atoms in total. The summed E-state index contributed by atoms with van der Waals surface area (Å²) in [4.78, 5) is 13.1. The molecule has 16 heavy (non-hydrogen) atoms. The predicted molar refractivity (Wildman–Crippen MR) is 67.7 cm³/mol. The van der Waals surface area contributed by atoms with Crippen molar-refractivity contribution in [2.45, 2.75) is 20.0 Å². The molecule has 1 atom stereocenters. The van der Waals surface area contributed by atoms with E-state index >= 15 is 0 Å². The number of rotatable bonds is 3. The summed E-state index contributed by atoms with van der Waals surface area (Å²) in [6, 6.07) is 5.77. The molecule has 0 aliphatic carbocycles. The van der Waals surface area contributed by atoms with E-state index in [4.69, 9.17) is 4.74 Å². The Morgan fingerprint density at radius 1 is 1.44 bits per heavy atom. The summed E-state index contributed by atoms with van der Waals surface area (Å²) in [6.07, 6.45) is -0.478. The van der Waals surface area contributed by atoms with Crippen LogP contribution >= 0.6 is 15.9 Å². The zero-order chi connectivity index (χ0) is 12.3. The van der Waals surface area contributed by atoms with Crippen molar-refractivity contribution in [3.63, 3.8) is 0 Å². The molecule has 0 saturated heterocycles. The van der Waals surface area contributed by atoms with Gasteiger partial charge in [-0.1, -0.05) is 6.07 Å². The molecule has 0 radical (unpaired) electrons. The molecule has 0 aliphatic heterocycles. The van der Waals surface area contributed by atoms with E-state index in [9.17, 15) is 4.79 Å². The first-order chi connectivity index (χ1) is 7.41. The fraction of sp³-hybridized carbons (Fsp3) is 0.417. The molecule has 88 valence electrons. The molecule has 1 aromatic carbocycles. The van der Waals surface area contributed by atoms with Crippen molar-refractivity contribution in [3.8, 4) is 5.75 Å². The quantitative estimate of drug-likeness (QED) is 0.854. The van der Waals surface area contributed by atoms with Crippen LogP contribution in [-0.4, -0.2) is 31.0 Å². The maximum atomic E-state index is 11.6. The lowest BCUT2D eigenvalue weighted by atomic mass is 10.2. The van der Waals surface area contributed by atoms with E-state index < -0.39 is 6.10 Å². The number of nitrogens with zero attached hydrogens (tertiary/aromatic N) is 1. The topological polar surface area (TPSA) is 29.5 Å². The van der Waals surface area contributed by atoms with Crippen LogP contribution in [0.1, 0.15) is 12.5 Å². The number of amides is 1. The van der Waals surface area contributed by atoms with E-state index in [1.54, 1.807) is 21.0 Å². The zero-order valence-corrected chi connectivity index (χ0v) is 11.5. The van der Waals surface area contributed by atoms with Gasteiger partial charge in [0.1, 0.15) is 5.75 Å². The van der Waals surface area contributed by atoms with Gasteiger partial charge in [0.05, 0.1) is 4.47 Å². The smallest absolute Gasteiger partial charge is 0.262 e. The van der Waals surface area contributed by atoms with E-state index in [0.29, 0.717) is 5.75 Å². The highest BCUT2D eigenvalue weighted by Crippen LogP contribution is 2.26. The number of aryl methyl sites for hydroxylation is 1. The van der Waals surface area contributed by atoms with E-state index in [2.05, 4.69) is 15.9 Å². The van der Waals surface area contributed by atoms with Crippen LogP contribution in [0.25, 0.3) is 0 Å². The minimum absolute atomic E-state index is 0.0486. The van der Waals surface area contributed by atoms with Crippen molar-refractivity contribution in [1.82, 2.24) is 4.90 Å². The van der Waals surface area contributed by atoms with Crippen molar-refractivity contribution in [1.29, 1.82) is 0 Å². The number of halogens is 1. The standard InChI is InChI=1S/C12H16BrNO2/c1-8-5-6-11(10(13)7-8)16-9(2)12(15)14(3)4/h5-7,9H,1-4H3. The Labute approximate surface area is 105 Å². The molecular formula is C12H16BrNO2. The third kappa shape index (κ3) is 3.23. The van der Waals surface area contributed by atoms with Crippen LogP contribution in [-0.2, 0) is 4.79 Å². The monoisotopic (exact) mass is 285 g/mol. The van der Waals surface area contributed by atoms with Crippen LogP contribution in [0, 0.1) is 6.92 Å². The van der Waals surface area contributed by atoms with Crippen LogP contribution in [0.15, 0.2) is 22.7 Å². The number of carbonyl (C=O) groups excluding carboxylic acids is 1. The zero-order valence-electron chi connectivity index (χ0n) is 9.95. The van der Waals surface area contributed by atoms with Crippen molar-refractivity contribution in [3.05, 3.63) is 28.2 Å². The number of likely N-dealkylation sites (N-methyl/N-ethyl adjacent to an activating group) is 1. The third-order valence-corrected chi connectivity index (χ3v) is 2.80. The van der Waals surface area contributed by atoms with Gasteiger partial charge in [0.25, 0.3) is 5.91 Å². The fourth-order valence-corrected chi connectivity index (χ4v) is 1.89. The number of carbonyl (C=O) groups is 1. The molecule has 1 amide bonds. The van der Waals surface area contributed by atoms with Gasteiger partial charge in [0.2, 0.25) is 0 Å². The largest absolute Gasteiger partial charge is 0.480 e. The number of benzene rings is 1. The van der Waals surface area contributed by atoms with Crippen molar-refractivity contribution in [2.24, 2.45) is 0 Å². The van der Waals surface area contributed by atoms with Gasteiger partial charge in [-0.05, 0) is 47.5 Å². The van der Waals surface area contributed by atoms with Crippen molar-refractivity contribution >= 4 is 21.8 Å². The van der Waals surface area contributed by atoms with Gasteiger partial charge < -0.3 is 9.64 Å². The SMILES string of the molecule is Cc1ccc(OC(C)C(=O)N(C)C)c(Br)c1. The molecular weight excluding hydrogens is 270 g/mol. The number of hydrogen-bond donors (Lipinski definition) is 0. The molecule has 0 aromatic heterocycles.